The monoisotopic (exact) mass is 326 g/mol. The molecule has 6 heteroatoms. The van der Waals surface area contributed by atoms with Gasteiger partial charge in [-0.2, -0.15) is 0 Å². The Balaban J connectivity index is 1.64. The first-order chi connectivity index (χ1) is 10.2. The normalized spacial score (nSPS) is 16.1. The van der Waals surface area contributed by atoms with Gasteiger partial charge in [-0.3, -0.25) is 0 Å². The van der Waals surface area contributed by atoms with Gasteiger partial charge in [-0.25, -0.2) is 9.37 Å². The zero-order valence-electron chi connectivity index (χ0n) is 11.4. The Kier molecular flexibility index (Phi) is 4.54. The third-order valence-corrected chi connectivity index (χ3v) is 5.02. The molecule has 0 saturated heterocycles. The van der Waals surface area contributed by atoms with E-state index in [-0.39, 0.29) is 17.7 Å². The third-order valence-electron chi connectivity index (χ3n) is 3.55. The summed E-state index contributed by atoms with van der Waals surface area (Å²) in [6.45, 7) is 0.509. The minimum Gasteiger partial charge on any atom is -0.394 e. The van der Waals surface area contributed by atoms with E-state index in [1.807, 2.05) is 6.20 Å². The first-order valence-electron chi connectivity index (χ1n) is 6.91. The summed E-state index contributed by atoms with van der Waals surface area (Å²) in [4.78, 5) is 5.55. The molecule has 1 aromatic heterocycles. The van der Waals surface area contributed by atoms with Crippen LogP contribution < -0.4 is 5.32 Å². The number of aliphatic hydroxyl groups excluding tert-OH is 1. The Morgan fingerprint density at radius 3 is 2.95 bits per heavy atom. The number of hydrogen-bond acceptors (Lipinski definition) is 4. The van der Waals surface area contributed by atoms with Crippen molar-refractivity contribution >= 4 is 22.9 Å². The van der Waals surface area contributed by atoms with Gasteiger partial charge >= 0.3 is 0 Å². The molecule has 0 aliphatic heterocycles. The Morgan fingerprint density at radius 2 is 2.29 bits per heavy atom. The van der Waals surface area contributed by atoms with Crippen LogP contribution in [0.25, 0.3) is 0 Å². The topological polar surface area (TPSA) is 45.1 Å². The third kappa shape index (κ3) is 3.61. The minimum atomic E-state index is -0.469. The maximum absolute atomic E-state index is 13.5. The molecule has 1 fully saturated rings. The molecule has 1 aromatic carbocycles. The molecule has 0 radical (unpaired) electrons. The van der Waals surface area contributed by atoms with Gasteiger partial charge in [0.05, 0.1) is 22.7 Å². The number of rotatable bonds is 6. The highest BCUT2D eigenvalue weighted by Crippen LogP contribution is 2.41. The minimum absolute atomic E-state index is 0.0898. The molecule has 1 heterocycles. The molecule has 1 aliphatic carbocycles. The van der Waals surface area contributed by atoms with E-state index in [0.717, 1.165) is 4.88 Å². The van der Waals surface area contributed by atoms with Crippen molar-refractivity contribution in [2.24, 2.45) is 0 Å². The zero-order chi connectivity index (χ0) is 14.8. The summed E-state index contributed by atoms with van der Waals surface area (Å²) in [6, 6.07) is 4.28. The van der Waals surface area contributed by atoms with Crippen LogP contribution in [0.5, 0.6) is 0 Å². The highest BCUT2D eigenvalue weighted by molar-refractivity contribution is 7.11. The zero-order valence-corrected chi connectivity index (χ0v) is 12.9. The van der Waals surface area contributed by atoms with Gasteiger partial charge in [-0.15, -0.1) is 11.3 Å². The van der Waals surface area contributed by atoms with Gasteiger partial charge in [0.2, 0.25) is 0 Å². The first-order valence-corrected chi connectivity index (χ1v) is 8.10. The molecule has 112 valence electrons. The summed E-state index contributed by atoms with van der Waals surface area (Å²) in [5.74, 6) is 0.186. The maximum atomic E-state index is 13.5. The van der Waals surface area contributed by atoms with Crippen molar-refractivity contribution < 1.29 is 9.50 Å². The van der Waals surface area contributed by atoms with Crippen molar-refractivity contribution in [1.29, 1.82) is 0 Å². The van der Waals surface area contributed by atoms with Gasteiger partial charge in [0.15, 0.2) is 0 Å². The molecule has 1 aliphatic rings. The van der Waals surface area contributed by atoms with Gasteiger partial charge in [0, 0.05) is 23.5 Å². The van der Waals surface area contributed by atoms with E-state index >= 15 is 0 Å². The molecule has 3 nitrogen and oxygen atoms in total. The quantitative estimate of drug-likeness (QED) is 0.852. The van der Waals surface area contributed by atoms with Crippen molar-refractivity contribution in [1.82, 2.24) is 10.3 Å². The molecule has 1 unspecified atom stereocenters. The average molecular weight is 327 g/mol. The smallest absolute Gasteiger partial charge is 0.142 e. The van der Waals surface area contributed by atoms with Crippen molar-refractivity contribution in [3.05, 3.63) is 50.7 Å². The fraction of sp³-hybridized carbons (Fsp3) is 0.400. The van der Waals surface area contributed by atoms with Gasteiger partial charge in [-0.05, 0) is 30.5 Å². The molecule has 21 heavy (non-hydrogen) atoms. The van der Waals surface area contributed by atoms with Crippen LogP contribution in [0.4, 0.5) is 4.39 Å². The molecular formula is C15H16ClFN2OS. The molecule has 2 N–H and O–H groups in total. The molecule has 3 rings (SSSR count). The summed E-state index contributed by atoms with van der Waals surface area (Å²) >= 11 is 7.38. The number of aliphatic hydroxyl groups is 1. The standard InChI is InChI=1S/C15H16ClFN2OS/c16-12-4-3-10(5-13(12)17)14(8-20)18-6-11-7-19-15(21-11)9-1-2-9/h3-5,7,9,14,18,20H,1-2,6,8H2. The first kappa shape index (κ1) is 14.9. The van der Waals surface area contributed by atoms with Crippen LogP contribution in [0.3, 0.4) is 0 Å². The van der Waals surface area contributed by atoms with Crippen molar-refractivity contribution in [3.8, 4) is 0 Å². The number of halogens is 2. The highest BCUT2D eigenvalue weighted by Gasteiger charge is 2.26. The van der Waals surface area contributed by atoms with Crippen LogP contribution in [-0.4, -0.2) is 16.7 Å². The largest absolute Gasteiger partial charge is 0.394 e. The number of aromatic nitrogens is 1. The molecule has 0 amide bonds. The summed E-state index contributed by atoms with van der Waals surface area (Å²) < 4.78 is 13.5. The lowest BCUT2D eigenvalue weighted by Gasteiger charge is -2.16. The molecule has 1 atom stereocenters. The van der Waals surface area contributed by atoms with Gasteiger partial charge in [0.25, 0.3) is 0 Å². The predicted octanol–water partition coefficient (Wildman–Crippen LogP) is 3.64. The van der Waals surface area contributed by atoms with Crippen LogP contribution in [0, 0.1) is 5.82 Å². The second-order valence-electron chi connectivity index (χ2n) is 5.23. The number of thiazole rings is 1. The second-order valence-corrected chi connectivity index (χ2v) is 6.78. The van der Waals surface area contributed by atoms with E-state index in [1.54, 1.807) is 17.4 Å². The highest BCUT2D eigenvalue weighted by atomic mass is 35.5. The van der Waals surface area contributed by atoms with Gasteiger partial charge < -0.3 is 10.4 Å². The van der Waals surface area contributed by atoms with Crippen LogP contribution in [-0.2, 0) is 6.54 Å². The molecular weight excluding hydrogens is 311 g/mol. The number of nitrogens with zero attached hydrogens (tertiary/aromatic N) is 1. The molecule has 2 aromatic rings. The fourth-order valence-electron chi connectivity index (χ4n) is 2.16. The number of hydrogen-bond donors (Lipinski definition) is 2. The number of benzene rings is 1. The van der Waals surface area contributed by atoms with E-state index in [0.29, 0.717) is 18.0 Å². The lowest BCUT2D eigenvalue weighted by Crippen LogP contribution is -2.23. The van der Waals surface area contributed by atoms with Crippen LogP contribution >= 0.6 is 22.9 Å². The van der Waals surface area contributed by atoms with Crippen molar-refractivity contribution in [2.75, 3.05) is 6.61 Å². The van der Waals surface area contributed by atoms with Gasteiger partial charge in [0.1, 0.15) is 5.82 Å². The summed E-state index contributed by atoms with van der Waals surface area (Å²) in [6.07, 6.45) is 4.36. The average Bonchev–Trinajstić information content (AvgIpc) is 3.23. The molecule has 1 saturated carbocycles. The van der Waals surface area contributed by atoms with Crippen LogP contribution in [0.15, 0.2) is 24.4 Å². The van der Waals surface area contributed by atoms with Crippen molar-refractivity contribution in [2.45, 2.75) is 31.3 Å². The Hall–Kier alpha value is -1.01. The predicted molar refractivity (Wildman–Crippen MR) is 82.2 cm³/mol. The Bertz CT molecular complexity index is 630. The Morgan fingerprint density at radius 1 is 1.48 bits per heavy atom. The lowest BCUT2D eigenvalue weighted by molar-refractivity contribution is 0.243. The van der Waals surface area contributed by atoms with Crippen LogP contribution in [0.2, 0.25) is 5.02 Å². The van der Waals surface area contributed by atoms with E-state index in [9.17, 15) is 9.50 Å². The van der Waals surface area contributed by atoms with E-state index in [4.69, 9.17) is 11.6 Å². The van der Waals surface area contributed by atoms with Gasteiger partial charge in [-0.1, -0.05) is 17.7 Å². The van der Waals surface area contributed by atoms with Crippen LogP contribution in [0.1, 0.15) is 40.2 Å². The Labute approximate surface area is 131 Å². The lowest BCUT2D eigenvalue weighted by atomic mass is 10.1. The SMILES string of the molecule is OCC(NCc1cnc(C2CC2)s1)c1ccc(Cl)c(F)c1. The summed E-state index contributed by atoms with van der Waals surface area (Å²) in [7, 11) is 0. The van der Waals surface area contributed by atoms with E-state index in [2.05, 4.69) is 10.3 Å². The summed E-state index contributed by atoms with van der Waals surface area (Å²) in [5, 5.41) is 14.0. The molecule has 0 spiro atoms. The summed E-state index contributed by atoms with van der Waals surface area (Å²) in [5.41, 5.74) is 0.686. The molecule has 0 bridgehead atoms. The number of nitrogens with one attached hydrogen (secondary N) is 1. The second kappa shape index (κ2) is 6.40. The fourth-order valence-corrected chi connectivity index (χ4v) is 3.32. The van der Waals surface area contributed by atoms with E-state index < -0.39 is 5.82 Å². The maximum Gasteiger partial charge on any atom is 0.142 e. The van der Waals surface area contributed by atoms with Crippen molar-refractivity contribution in [3.63, 3.8) is 0 Å². The van der Waals surface area contributed by atoms with E-state index in [1.165, 1.54) is 30.0 Å².